The Kier molecular flexibility index (Phi) is 8.66. The molecule has 2 rings (SSSR count). The first-order chi connectivity index (χ1) is 16.4. The summed E-state index contributed by atoms with van der Waals surface area (Å²) in [6.45, 7) is 2.74. The number of nitrogens with zero attached hydrogens (tertiary/aromatic N) is 4. The van der Waals surface area contributed by atoms with Crippen LogP contribution in [0.5, 0.6) is 0 Å². The Hall–Kier alpha value is -4.27. The van der Waals surface area contributed by atoms with E-state index in [0.717, 1.165) is 28.8 Å². The van der Waals surface area contributed by atoms with Gasteiger partial charge in [-0.1, -0.05) is 13.8 Å². The monoisotopic (exact) mass is 494 g/mol. The number of nitro groups is 1. The Labute approximate surface area is 197 Å². The van der Waals surface area contributed by atoms with Crippen molar-refractivity contribution in [1.29, 1.82) is 0 Å². The molecule has 1 amide bonds. The highest BCUT2D eigenvalue weighted by Crippen LogP contribution is 2.18. The van der Waals surface area contributed by atoms with Gasteiger partial charge in [0.2, 0.25) is 5.91 Å². The second-order valence-electron chi connectivity index (χ2n) is 7.83. The standard InChI is InChI=1S/C20H26N6O9/c1-11(2)8-25-16(21)15(17(28)22-20(25)31)24(5-6-34-3)14(27)10-23-9-12(19(30)35-4)7-13(18(23)29)26(32)33/h7,9,11H,5-6,8,10,21H2,1-4H3,(H,22,28,31). The lowest BCUT2D eigenvalue weighted by molar-refractivity contribution is -0.386. The van der Waals surface area contributed by atoms with Gasteiger partial charge in [-0.05, 0) is 5.92 Å². The van der Waals surface area contributed by atoms with Crippen LogP contribution in [0.15, 0.2) is 26.6 Å². The van der Waals surface area contributed by atoms with Gasteiger partial charge in [-0.2, -0.15) is 0 Å². The number of aromatic nitrogens is 3. The van der Waals surface area contributed by atoms with Crippen LogP contribution in [0.3, 0.4) is 0 Å². The largest absolute Gasteiger partial charge is 0.465 e. The van der Waals surface area contributed by atoms with Crippen molar-refractivity contribution in [3.63, 3.8) is 0 Å². The molecule has 0 atom stereocenters. The fourth-order valence-electron chi connectivity index (χ4n) is 3.26. The highest BCUT2D eigenvalue weighted by molar-refractivity contribution is 5.95. The van der Waals surface area contributed by atoms with Crippen LogP contribution in [-0.4, -0.2) is 58.3 Å². The lowest BCUT2D eigenvalue weighted by Crippen LogP contribution is -2.44. The molecule has 0 bridgehead atoms. The van der Waals surface area contributed by atoms with E-state index in [1.807, 2.05) is 13.8 Å². The Morgan fingerprint density at radius 1 is 1.26 bits per heavy atom. The van der Waals surface area contributed by atoms with Gasteiger partial charge in [-0.3, -0.25) is 38.6 Å². The zero-order valence-corrected chi connectivity index (χ0v) is 19.6. The number of methoxy groups -OCH3 is 2. The maximum absolute atomic E-state index is 13.3. The number of amides is 1. The third-order valence-electron chi connectivity index (χ3n) is 4.84. The summed E-state index contributed by atoms with van der Waals surface area (Å²) < 4.78 is 11.3. The number of pyridine rings is 1. The zero-order valence-electron chi connectivity index (χ0n) is 19.6. The smallest absolute Gasteiger partial charge is 0.339 e. The van der Waals surface area contributed by atoms with Crippen molar-refractivity contribution in [1.82, 2.24) is 14.1 Å². The topological polar surface area (TPSA) is 202 Å². The second kappa shape index (κ2) is 11.2. The van der Waals surface area contributed by atoms with Crippen molar-refractivity contribution >= 4 is 29.1 Å². The molecule has 0 unspecified atom stereocenters. The number of aromatic amines is 1. The number of hydrogen-bond acceptors (Lipinski definition) is 10. The molecule has 0 aliphatic rings. The normalized spacial score (nSPS) is 10.9. The van der Waals surface area contributed by atoms with Gasteiger partial charge in [0.25, 0.3) is 5.56 Å². The van der Waals surface area contributed by atoms with Crippen LogP contribution < -0.4 is 27.4 Å². The maximum atomic E-state index is 13.3. The first-order valence-corrected chi connectivity index (χ1v) is 10.3. The molecular weight excluding hydrogens is 468 g/mol. The Morgan fingerprint density at radius 2 is 1.91 bits per heavy atom. The number of nitrogen functional groups attached to an aromatic ring is 1. The van der Waals surface area contributed by atoms with E-state index >= 15 is 0 Å². The lowest BCUT2D eigenvalue weighted by atomic mass is 10.2. The molecule has 3 N–H and O–H groups in total. The predicted octanol–water partition coefficient (Wildman–Crippen LogP) is -0.689. The predicted molar refractivity (Wildman–Crippen MR) is 123 cm³/mol. The summed E-state index contributed by atoms with van der Waals surface area (Å²) in [7, 11) is 2.39. The molecule has 190 valence electrons. The molecule has 0 fully saturated rings. The van der Waals surface area contributed by atoms with Gasteiger partial charge < -0.3 is 20.1 Å². The number of rotatable bonds is 10. The summed E-state index contributed by atoms with van der Waals surface area (Å²) in [5.41, 5.74) is 1.60. The van der Waals surface area contributed by atoms with Crippen LogP contribution in [0, 0.1) is 16.0 Å². The molecule has 0 radical (unpaired) electrons. The van der Waals surface area contributed by atoms with Crippen molar-refractivity contribution in [2.24, 2.45) is 5.92 Å². The lowest BCUT2D eigenvalue weighted by Gasteiger charge is -2.25. The summed E-state index contributed by atoms with van der Waals surface area (Å²) in [6, 6.07) is 0.738. The molecule has 2 aromatic rings. The molecule has 2 aromatic heterocycles. The number of H-pyrrole nitrogens is 1. The number of nitrogens with two attached hydrogens (primary N) is 1. The second-order valence-corrected chi connectivity index (χ2v) is 7.83. The molecule has 2 heterocycles. The molecule has 0 spiro atoms. The molecule has 0 aliphatic carbocycles. The number of carbonyl (C=O) groups is 2. The van der Waals surface area contributed by atoms with E-state index < -0.39 is 45.8 Å². The van der Waals surface area contributed by atoms with Crippen molar-refractivity contribution in [2.45, 2.75) is 26.9 Å². The van der Waals surface area contributed by atoms with E-state index in [9.17, 15) is 34.1 Å². The van der Waals surface area contributed by atoms with Crippen LogP contribution >= 0.6 is 0 Å². The molecular formula is C20H26N6O9. The van der Waals surface area contributed by atoms with Crippen molar-refractivity contribution in [2.75, 3.05) is 38.0 Å². The zero-order chi connectivity index (χ0) is 26.4. The minimum atomic E-state index is -1.16. The average Bonchev–Trinajstić information content (AvgIpc) is 2.78. The third kappa shape index (κ3) is 6.00. The van der Waals surface area contributed by atoms with Crippen LogP contribution in [0.25, 0.3) is 0 Å². The van der Waals surface area contributed by atoms with Gasteiger partial charge in [0, 0.05) is 32.5 Å². The van der Waals surface area contributed by atoms with Crippen LogP contribution in [-0.2, 0) is 27.4 Å². The van der Waals surface area contributed by atoms with Gasteiger partial charge >= 0.3 is 22.9 Å². The van der Waals surface area contributed by atoms with Gasteiger partial charge in [0.1, 0.15) is 12.4 Å². The van der Waals surface area contributed by atoms with E-state index in [2.05, 4.69) is 9.72 Å². The van der Waals surface area contributed by atoms with Crippen LogP contribution in [0.2, 0.25) is 0 Å². The SMILES string of the molecule is COCCN(C(=O)Cn1cc(C(=O)OC)cc([N+](=O)[O-])c1=O)c1c(N)n(CC(C)C)c(=O)[nH]c1=O. The summed E-state index contributed by atoms with van der Waals surface area (Å²) in [6.07, 6.45) is 0.931. The summed E-state index contributed by atoms with van der Waals surface area (Å²) >= 11 is 0. The van der Waals surface area contributed by atoms with E-state index in [0.29, 0.717) is 4.57 Å². The first kappa shape index (κ1) is 27.0. The van der Waals surface area contributed by atoms with Gasteiger partial charge in [-0.15, -0.1) is 0 Å². The van der Waals surface area contributed by atoms with Gasteiger partial charge in [0.05, 0.1) is 24.2 Å². The number of hydrogen-bond donors (Lipinski definition) is 2. The molecule has 0 saturated carbocycles. The highest BCUT2D eigenvalue weighted by atomic mass is 16.6. The summed E-state index contributed by atoms with van der Waals surface area (Å²) in [5.74, 6) is -2.16. The highest BCUT2D eigenvalue weighted by Gasteiger charge is 2.27. The van der Waals surface area contributed by atoms with Crippen LogP contribution in [0.4, 0.5) is 17.2 Å². The average molecular weight is 494 g/mol. The first-order valence-electron chi connectivity index (χ1n) is 10.3. The number of anilines is 2. The molecule has 15 nitrogen and oxygen atoms in total. The van der Waals surface area contributed by atoms with Gasteiger partial charge in [-0.25, -0.2) is 9.59 Å². The summed E-state index contributed by atoms with van der Waals surface area (Å²) in [5, 5.41) is 11.3. The Balaban J connectivity index is 2.64. The van der Waals surface area contributed by atoms with Crippen molar-refractivity contribution in [3.05, 3.63) is 59.1 Å². The number of ether oxygens (including phenoxy) is 2. The summed E-state index contributed by atoms with van der Waals surface area (Å²) in [4.78, 5) is 76.0. The number of carbonyl (C=O) groups excluding carboxylic acids is 2. The van der Waals surface area contributed by atoms with Crippen LogP contribution in [0.1, 0.15) is 24.2 Å². The molecule has 35 heavy (non-hydrogen) atoms. The molecule has 15 heteroatoms. The minimum Gasteiger partial charge on any atom is -0.465 e. The maximum Gasteiger partial charge on any atom is 0.339 e. The molecule has 0 aliphatic heterocycles. The molecule has 0 aromatic carbocycles. The Bertz CT molecular complexity index is 1310. The van der Waals surface area contributed by atoms with Crippen molar-refractivity contribution < 1.29 is 24.0 Å². The molecule has 0 saturated heterocycles. The van der Waals surface area contributed by atoms with Crippen molar-refractivity contribution in [3.8, 4) is 0 Å². The Morgan fingerprint density at radius 3 is 2.46 bits per heavy atom. The fraction of sp³-hybridized carbons (Fsp3) is 0.450. The number of nitrogens with one attached hydrogen (secondary N) is 1. The van der Waals surface area contributed by atoms with Gasteiger partial charge in [0.15, 0.2) is 5.69 Å². The minimum absolute atomic E-state index is 0.0305. The van der Waals surface area contributed by atoms with E-state index in [4.69, 9.17) is 10.5 Å². The van der Waals surface area contributed by atoms with E-state index in [-0.39, 0.29) is 42.7 Å². The van der Waals surface area contributed by atoms with E-state index in [1.54, 1.807) is 0 Å². The fourth-order valence-corrected chi connectivity index (χ4v) is 3.26. The number of esters is 1. The van der Waals surface area contributed by atoms with E-state index in [1.165, 1.54) is 7.11 Å². The third-order valence-corrected chi connectivity index (χ3v) is 4.84. The quantitative estimate of drug-likeness (QED) is 0.242.